The van der Waals surface area contributed by atoms with Crippen molar-refractivity contribution in [1.82, 2.24) is 0 Å². The molecule has 2 aromatic carbocycles. The summed E-state index contributed by atoms with van der Waals surface area (Å²) < 4.78 is 16.6. The molecule has 2 aromatic rings. The second kappa shape index (κ2) is 12.6. The quantitative estimate of drug-likeness (QED) is 0.131. The molecule has 1 fully saturated rings. The number of ether oxygens (including phenoxy) is 3. The summed E-state index contributed by atoms with van der Waals surface area (Å²) in [6.07, 6.45) is 9.13. The fraction of sp³-hybridized carbons (Fsp3) is 0.333. The molecule has 0 radical (unpaired) electrons. The largest absolute Gasteiger partial charge is 0.458 e. The molecule has 0 atom stereocenters. The highest BCUT2D eigenvalue weighted by atomic mass is 16.5. The maximum atomic E-state index is 12.5. The Labute approximate surface area is 200 Å². The van der Waals surface area contributed by atoms with E-state index in [-0.39, 0.29) is 24.6 Å². The van der Waals surface area contributed by atoms with E-state index in [9.17, 15) is 9.59 Å². The molecule has 7 nitrogen and oxygen atoms in total. The van der Waals surface area contributed by atoms with Gasteiger partial charge in [-0.3, -0.25) is 4.79 Å². The zero-order valence-corrected chi connectivity index (χ0v) is 19.3. The van der Waals surface area contributed by atoms with Gasteiger partial charge in [-0.2, -0.15) is 0 Å². The van der Waals surface area contributed by atoms with Gasteiger partial charge in [-0.05, 0) is 68.0 Å². The standard InChI is InChI=1S/C27H32N2O5/c1-2-3-16-32-23-13-8-20(9-14-23)27(31)34-24-11-4-19(5-12-24)6-15-26(30)33-18-21-7-10-22(28)17-25(21)29/h2,4-7,10-12,15,17,20,23H,1,3,8-9,13-14,16,18,28-29H2/b15-6+. The molecule has 0 unspecified atom stereocenters. The van der Waals surface area contributed by atoms with E-state index < -0.39 is 5.97 Å². The van der Waals surface area contributed by atoms with E-state index in [2.05, 4.69) is 6.58 Å². The van der Waals surface area contributed by atoms with Crippen molar-refractivity contribution in [3.63, 3.8) is 0 Å². The van der Waals surface area contributed by atoms with Crippen LogP contribution in [0.1, 0.15) is 43.2 Å². The highest BCUT2D eigenvalue weighted by molar-refractivity contribution is 5.87. The highest BCUT2D eigenvalue weighted by Gasteiger charge is 2.28. The van der Waals surface area contributed by atoms with Crippen LogP contribution in [0.4, 0.5) is 11.4 Å². The van der Waals surface area contributed by atoms with Crippen LogP contribution in [0.15, 0.2) is 61.2 Å². The molecule has 4 N–H and O–H groups in total. The maximum Gasteiger partial charge on any atom is 0.331 e. The summed E-state index contributed by atoms with van der Waals surface area (Å²) in [7, 11) is 0. The summed E-state index contributed by atoms with van der Waals surface area (Å²) in [5, 5.41) is 0. The molecule has 0 spiro atoms. The number of carbonyl (C=O) groups excluding carboxylic acids is 2. The van der Waals surface area contributed by atoms with Gasteiger partial charge in [0.05, 0.1) is 18.6 Å². The molecule has 1 saturated carbocycles. The topological polar surface area (TPSA) is 114 Å². The van der Waals surface area contributed by atoms with E-state index in [4.69, 9.17) is 25.7 Å². The van der Waals surface area contributed by atoms with Crippen LogP contribution in [0.25, 0.3) is 6.08 Å². The number of rotatable bonds is 10. The summed E-state index contributed by atoms with van der Waals surface area (Å²) in [6.45, 7) is 4.43. The average molecular weight is 465 g/mol. The highest BCUT2D eigenvalue weighted by Crippen LogP contribution is 2.28. The second-order valence-electron chi connectivity index (χ2n) is 8.31. The van der Waals surface area contributed by atoms with Crippen LogP contribution in [-0.4, -0.2) is 24.6 Å². The van der Waals surface area contributed by atoms with Gasteiger partial charge in [-0.15, -0.1) is 6.58 Å². The number of anilines is 2. The third-order valence-corrected chi connectivity index (χ3v) is 5.73. The van der Waals surface area contributed by atoms with Crippen LogP contribution in [0.2, 0.25) is 0 Å². The van der Waals surface area contributed by atoms with Gasteiger partial charge in [0.2, 0.25) is 0 Å². The molecule has 0 aromatic heterocycles. The molecule has 1 aliphatic rings. The summed E-state index contributed by atoms with van der Waals surface area (Å²) in [6, 6.07) is 12.0. The Hall–Kier alpha value is -3.58. The van der Waals surface area contributed by atoms with Gasteiger partial charge >= 0.3 is 11.9 Å². The Morgan fingerprint density at radius 3 is 2.44 bits per heavy atom. The van der Waals surface area contributed by atoms with E-state index in [1.165, 1.54) is 6.08 Å². The zero-order chi connectivity index (χ0) is 24.3. The number of benzene rings is 2. The van der Waals surface area contributed by atoms with Gasteiger partial charge < -0.3 is 25.7 Å². The molecule has 3 rings (SSSR count). The van der Waals surface area contributed by atoms with Crippen molar-refractivity contribution < 1.29 is 23.8 Å². The van der Waals surface area contributed by atoms with E-state index in [1.54, 1.807) is 48.5 Å². The number of nitrogens with two attached hydrogens (primary N) is 2. The molecule has 0 aliphatic heterocycles. The predicted molar refractivity (Wildman–Crippen MR) is 133 cm³/mol. The molecule has 0 saturated heterocycles. The van der Waals surface area contributed by atoms with Crippen molar-refractivity contribution >= 4 is 29.4 Å². The molecule has 7 heteroatoms. The number of carbonyl (C=O) groups is 2. The lowest BCUT2D eigenvalue weighted by Crippen LogP contribution is -2.29. The van der Waals surface area contributed by atoms with Crippen molar-refractivity contribution in [2.75, 3.05) is 18.1 Å². The van der Waals surface area contributed by atoms with Gasteiger partial charge in [0.25, 0.3) is 0 Å². The molecule has 0 bridgehead atoms. The molecule has 180 valence electrons. The van der Waals surface area contributed by atoms with Crippen molar-refractivity contribution in [2.45, 2.75) is 44.8 Å². The lowest BCUT2D eigenvalue weighted by molar-refractivity contribution is -0.141. The van der Waals surface area contributed by atoms with Crippen molar-refractivity contribution in [3.8, 4) is 5.75 Å². The average Bonchev–Trinajstić information content (AvgIpc) is 2.83. The third kappa shape index (κ3) is 7.78. The molecular weight excluding hydrogens is 432 g/mol. The van der Waals surface area contributed by atoms with Crippen LogP contribution in [0.5, 0.6) is 5.75 Å². The molecular formula is C27H32N2O5. The number of nitrogen functional groups attached to an aromatic ring is 2. The van der Waals surface area contributed by atoms with Crippen LogP contribution in [-0.2, 0) is 25.7 Å². The van der Waals surface area contributed by atoms with E-state index in [0.717, 1.165) is 37.7 Å². The Morgan fingerprint density at radius 1 is 1.03 bits per heavy atom. The van der Waals surface area contributed by atoms with Gasteiger partial charge in [-0.1, -0.05) is 24.3 Å². The van der Waals surface area contributed by atoms with Crippen molar-refractivity contribution in [2.24, 2.45) is 5.92 Å². The molecule has 0 amide bonds. The van der Waals surface area contributed by atoms with Crippen molar-refractivity contribution in [3.05, 3.63) is 72.3 Å². The first-order valence-electron chi connectivity index (χ1n) is 11.5. The minimum atomic E-state index is -0.490. The first-order chi connectivity index (χ1) is 16.4. The minimum absolute atomic E-state index is 0.0625. The Kier molecular flexibility index (Phi) is 9.29. The summed E-state index contributed by atoms with van der Waals surface area (Å²) in [4.78, 5) is 24.5. The monoisotopic (exact) mass is 464 g/mol. The Balaban J connectivity index is 1.42. The summed E-state index contributed by atoms with van der Waals surface area (Å²) in [5.74, 6) is -0.328. The van der Waals surface area contributed by atoms with E-state index in [0.29, 0.717) is 29.3 Å². The van der Waals surface area contributed by atoms with Crippen LogP contribution in [0.3, 0.4) is 0 Å². The van der Waals surface area contributed by atoms with Gasteiger partial charge in [-0.25, -0.2) is 4.79 Å². The van der Waals surface area contributed by atoms with Crippen LogP contribution in [0, 0.1) is 5.92 Å². The van der Waals surface area contributed by atoms with Crippen molar-refractivity contribution in [1.29, 1.82) is 0 Å². The number of hydrogen-bond donors (Lipinski definition) is 2. The second-order valence-corrected chi connectivity index (χ2v) is 8.31. The van der Waals surface area contributed by atoms with Gasteiger partial charge in [0.1, 0.15) is 12.4 Å². The summed E-state index contributed by atoms with van der Waals surface area (Å²) in [5.41, 5.74) is 14.0. The zero-order valence-electron chi connectivity index (χ0n) is 19.3. The smallest absolute Gasteiger partial charge is 0.331 e. The van der Waals surface area contributed by atoms with Crippen LogP contribution < -0.4 is 16.2 Å². The summed E-state index contributed by atoms with van der Waals surface area (Å²) >= 11 is 0. The first-order valence-corrected chi connectivity index (χ1v) is 11.5. The van der Waals surface area contributed by atoms with Gasteiger partial charge in [0, 0.05) is 23.0 Å². The number of hydrogen-bond acceptors (Lipinski definition) is 7. The normalized spacial score (nSPS) is 17.9. The van der Waals surface area contributed by atoms with Gasteiger partial charge in [0.15, 0.2) is 0 Å². The van der Waals surface area contributed by atoms with E-state index >= 15 is 0 Å². The fourth-order valence-corrected chi connectivity index (χ4v) is 3.74. The first kappa shape index (κ1) is 25.1. The van der Waals surface area contributed by atoms with E-state index in [1.807, 2.05) is 6.08 Å². The minimum Gasteiger partial charge on any atom is -0.458 e. The Morgan fingerprint density at radius 2 is 1.76 bits per heavy atom. The molecule has 1 aliphatic carbocycles. The molecule has 0 heterocycles. The third-order valence-electron chi connectivity index (χ3n) is 5.73. The lowest BCUT2D eigenvalue weighted by Gasteiger charge is -2.27. The SMILES string of the molecule is C=CCCOC1CCC(C(=O)Oc2ccc(/C=C/C(=O)OCc3ccc(N)cc3N)cc2)CC1. The lowest BCUT2D eigenvalue weighted by atomic mass is 9.87. The Bertz CT molecular complexity index is 1010. The molecule has 34 heavy (non-hydrogen) atoms. The van der Waals surface area contributed by atoms with Crippen LogP contribution >= 0.6 is 0 Å². The number of esters is 2. The fourth-order valence-electron chi connectivity index (χ4n) is 3.74. The maximum absolute atomic E-state index is 12.5. The predicted octanol–water partition coefficient (Wildman–Crippen LogP) is 4.66.